The first kappa shape index (κ1) is 24.0. The minimum Gasteiger partial charge on any atom is -0.373 e. The fourth-order valence-electron chi connectivity index (χ4n) is 4.77. The molecule has 178 valence electrons. The van der Waals surface area contributed by atoms with E-state index in [2.05, 4.69) is 24.3 Å². The molecule has 1 fully saturated rings. The number of amides is 1. The van der Waals surface area contributed by atoms with Crippen molar-refractivity contribution in [3.05, 3.63) is 107 Å². The van der Waals surface area contributed by atoms with Crippen molar-refractivity contribution in [2.45, 2.75) is 38.1 Å². The van der Waals surface area contributed by atoms with E-state index in [4.69, 9.17) is 4.74 Å². The predicted molar refractivity (Wildman–Crippen MR) is 125 cm³/mol. The second-order valence-corrected chi connectivity index (χ2v) is 8.76. The first-order chi connectivity index (χ1) is 16.3. The average Bonchev–Trinajstić information content (AvgIpc) is 2.84. The van der Waals surface area contributed by atoms with Gasteiger partial charge in [-0.05, 0) is 35.2 Å². The van der Waals surface area contributed by atoms with E-state index in [1.165, 1.54) is 12.1 Å². The van der Waals surface area contributed by atoms with Gasteiger partial charge >= 0.3 is 6.18 Å². The monoisotopic (exact) mass is 467 g/mol. The highest BCUT2D eigenvalue weighted by molar-refractivity contribution is 5.73. The highest BCUT2D eigenvalue weighted by Crippen LogP contribution is 2.39. The smallest absolute Gasteiger partial charge is 0.373 e. The lowest BCUT2D eigenvalue weighted by Gasteiger charge is -2.42. The SMILES string of the molecule is CC(=O)N1CC[C@H](OCc2ccc(C(F)(F)F)cc2)[C@H](C(c2ccccc2)c2ccccc2)C1. The van der Waals surface area contributed by atoms with Crippen molar-refractivity contribution in [3.63, 3.8) is 0 Å². The maximum Gasteiger partial charge on any atom is 0.416 e. The molecule has 1 amide bonds. The molecule has 1 aliphatic heterocycles. The van der Waals surface area contributed by atoms with Crippen LogP contribution in [0.2, 0.25) is 0 Å². The van der Waals surface area contributed by atoms with Gasteiger partial charge < -0.3 is 9.64 Å². The zero-order valence-corrected chi connectivity index (χ0v) is 19.0. The maximum absolute atomic E-state index is 12.9. The molecule has 0 unspecified atom stereocenters. The topological polar surface area (TPSA) is 29.5 Å². The number of ether oxygens (including phenoxy) is 1. The lowest BCUT2D eigenvalue weighted by Crippen LogP contribution is -2.48. The van der Waals surface area contributed by atoms with E-state index in [1.54, 1.807) is 6.92 Å². The van der Waals surface area contributed by atoms with Crippen molar-refractivity contribution in [1.29, 1.82) is 0 Å². The van der Waals surface area contributed by atoms with Gasteiger partial charge in [0.2, 0.25) is 5.91 Å². The molecule has 34 heavy (non-hydrogen) atoms. The maximum atomic E-state index is 12.9. The van der Waals surface area contributed by atoms with Crippen molar-refractivity contribution in [2.24, 2.45) is 5.92 Å². The van der Waals surface area contributed by atoms with Crippen LogP contribution < -0.4 is 0 Å². The van der Waals surface area contributed by atoms with Gasteiger partial charge in [-0.3, -0.25) is 4.79 Å². The van der Waals surface area contributed by atoms with Gasteiger partial charge in [0.05, 0.1) is 18.3 Å². The van der Waals surface area contributed by atoms with Crippen molar-refractivity contribution in [3.8, 4) is 0 Å². The van der Waals surface area contributed by atoms with Crippen LogP contribution in [0.4, 0.5) is 13.2 Å². The van der Waals surface area contributed by atoms with E-state index in [1.807, 2.05) is 41.3 Å². The molecule has 6 heteroatoms. The molecule has 0 aliphatic carbocycles. The van der Waals surface area contributed by atoms with Crippen LogP contribution in [-0.4, -0.2) is 30.0 Å². The Bertz CT molecular complexity index is 1030. The van der Waals surface area contributed by atoms with Crippen LogP contribution in [0, 0.1) is 5.92 Å². The molecule has 0 spiro atoms. The van der Waals surface area contributed by atoms with E-state index in [9.17, 15) is 18.0 Å². The Morgan fingerprint density at radius 2 is 1.50 bits per heavy atom. The van der Waals surface area contributed by atoms with Gasteiger partial charge in [-0.2, -0.15) is 13.2 Å². The summed E-state index contributed by atoms with van der Waals surface area (Å²) in [6.45, 7) is 2.96. The normalized spacial score (nSPS) is 18.8. The van der Waals surface area contributed by atoms with E-state index in [0.29, 0.717) is 25.1 Å². The number of piperidine rings is 1. The molecule has 4 rings (SSSR count). The van der Waals surface area contributed by atoms with E-state index >= 15 is 0 Å². The molecule has 3 nitrogen and oxygen atoms in total. The minimum absolute atomic E-state index is 0.00287. The summed E-state index contributed by atoms with van der Waals surface area (Å²) < 4.78 is 45.0. The van der Waals surface area contributed by atoms with Crippen LogP contribution in [0.3, 0.4) is 0 Å². The zero-order chi connectivity index (χ0) is 24.1. The van der Waals surface area contributed by atoms with Crippen LogP contribution in [-0.2, 0) is 22.3 Å². The number of rotatable bonds is 6. The summed E-state index contributed by atoms with van der Waals surface area (Å²) >= 11 is 0. The molecule has 1 heterocycles. The largest absolute Gasteiger partial charge is 0.416 e. The van der Waals surface area contributed by atoms with Crippen molar-refractivity contribution < 1.29 is 22.7 Å². The molecule has 3 aromatic carbocycles. The summed E-state index contributed by atoms with van der Waals surface area (Å²) in [5.41, 5.74) is 2.31. The predicted octanol–water partition coefficient (Wildman–Crippen LogP) is 6.29. The quantitative estimate of drug-likeness (QED) is 0.426. The fourth-order valence-corrected chi connectivity index (χ4v) is 4.77. The molecule has 0 radical (unpaired) electrons. The molecule has 0 saturated carbocycles. The highest BCUT2D eigenvalue weighted by Gasteiger charge is 2.38. The second-order valence-electron chi connectivity index (χ2n) is 8.76. The van der Waals surface area contributed by atoms with Gasteiger partial charge in [0.1, 0.15) is 0 Å². The number of hydrogen-bond donors (Lipinski definition) is 0. The lowest BCUT2D eigenvalue weighted by atomic mass is 9.75. The van der Waals surface area contributed by atoms with Gasteiger partial charge in [-0.1, -0.05) is 72.8 Å². The summed E-state index contributed by atoms with van der Waals surface area (Å²) in [6.07, 6.45) is -3.84. The van der Waals surface area contributed by atoms with Gasteiger partial charge in [0, 0.05) is 31.8 Å². The third-order valence-electron chi connectivity index (χ3n) is 6.53. The molecular formula is C28H28F3NO2. The van der Waals surface area contributed by atoms with Gasteiger partial charge in [0.15, 0.2) is 0 Å². The third-order valence-corrected chi connectivity index (χ3v) is 6.53. The molecule has 1 aliphatic rings. The molecular weight excluding hydrogens is 439 g/mol. The fraction of sp³-hybridized carbons (Fsp3) is 0.321. The summed E-state index contributed by atoms with van der Waals surface area (Å²) in [4.78, 5) is 14.1. The van der Waals surface area contributed by atoms with Crippen LogP contribution in [0.1, 0.15) is 41.5 Å². The standard InChI is InChI=1S/C28H28F3NO2/c1-20(33)32-17-16-26(34-19-21-12-14-24(15-13-21)28(29,30)31)25(18-32)27(22-8-4-2-5-9-22)23-10-6-3-7-11-23/h2-15,25-27H,16-19H2,1H3/t25-,26+/m1/s1. The Balaban J connectivity index is 1.61. The lowest BCUT2D eigenvalue weighted by molar-refractivity contribution is -0.138. The molecule has 2 atom stereocenters. The molecule has 3 aromatic rings. The molecule has 1 saturated heterocycles. The van der Waals surface area contributed by atoms with E-state index < -0.39 is 11.7 Å². The summed E-state index contributed by atoms with van der Waals surface area (Å²) in [7, 11) is 0. The summed E-state index contributed by atoms with van der Waals surface area (Å²) in [6, 6.07) is 25.5. The minimum atomic E-state index is -4.36. The number of hydrogen-bond acceptors (Lipinski definition) is 2. The highest BCUT2D eigenvalue weighted by atomic mass is 19.4. The van der Waals surface area contributed by atoms with Crippen LogP contribution in [0.25, 0.3) is 0 Å². The number of halogens is 3. The Morgan fingerprint density at radius 3 is 2.00 bits per heavy atom. The van der Waals surface area contributed by atoms with Crippen LogP contribution in [0.5, 0.6) is 0 Å². The van der Waals surface area contributed by atoms with Crippen LogP contribution in [0.15, 0.2) is 84.9 Å². The number of benzene rings is 3. The van der Waals surface area contributed by atoms with Gasteiger partial charge in [0.25, 0.3) is 0 Å². The van der Waals surface area contributed by atoms with E-state index in [0.717, 1.165) is 23.3 Å². The van der Waals surface area contributed by atoms with Crippen molar-refractivity contribution >= 4 is 5.91 Å². The number of carbonyl (C=O) groups is 1. The first-order valence-electron chi connectivity index (χ1n) is 11.5. The molecule has 0 bridgehead atoms. The molecule has 0 aromatic heterocycles. The summed E-state index contributed by atoms with van der Waals surface area (Å²) in [5, 5.41) is 0. The average molecular weight is 468 g/mol. The third kappa shape index (κ3) is 5.68. The summed E-state index contributed by atoms with van der Waals surface area (Å²) in [5.74, 6) is 0.0464. The number of carbonyl (C=O) groups excluding carboxylic acids is 1. The number of nitrogens with zero attached hydrogens (tertiary/aromatic N) is 1. The van der Waals surface area contributed by atoms with Crippen LogP contribution >= 0.6 is 0 Å². The van der Waals surface area contributed by atoms with Crippen molar-refractivity contribution in [2.75, 3.05) is 13.1 Å². The Labute approximate surface area is 198 Å². The van der Waals surface area contributed by atoms with E-state index in [-0.39, 0.29) is 30.5 Å². The molecule has 0 N–H and O–H groups in total. The van der Waals surface area contributed by atoms with Gasteiger partial charge in [-0.25, -0.2) is 0 Å². The van der Waals surface area contributed by atoms with Gasteiger partial charge in [-0.15, -0.1) is 0 Å². The van der Waals surface area contributed by atoms with Crippen molar-refractivity contribution in [1.82, 2.24) is 4.90 Å². The second kappa shape index (κ2) is 10.4. The zero-order valence-electron chi connectivity index (χ0n) is 19.0. The number of alkyl halides is 3. The first-order valence-corrected chi connectivity index (χ1v) is 11.5. The Morgan fingerprint density at radius 1 is 0.941 bits per heavy atom. The number of likely N-dealkylation sites (tertiary alicyclic amines) is 1. The Hall–Kier alpha value is -3.12. The Kier molecular flexibility index (Phi) is 7.37.